The number of aromatic nitrogens is 4. The van der Waals surface area contributed by atoms with E-state index in [0.717, 1.165) is 35.5 Å². The number of nitrogens with zero attached hydrogens (tertiary/aromatic N) is 3. The van der Waals surface area contributed by atoms with Gasteiger partial charge in [0.05, 0.1) is 16.7 Å². The molecular formula is C13H14N4. The van der Waals surface area contributed by atoms with Crippen LogP contribution in [0.4, 0.5) is 0 Å². The Morgan fingerprint density at radius 2 is 2.12 bits per heavy atom. The molecule has 0 saturated carbocycles. The SMILES string of the molecule is CCCc1ccn(-c2nc3ccccc3[nH]2)n1. The number of H-pyrrole nitrogens is 1. The number of rotatable bonds is 3. The summed E-state index contributed by atoms with van der Waals surface area (Å²) < 4.78 is 1.80. The van der Waals surface area contributed by atoms with Gasteiger partial charge in [0.25, 0.3) is 0 Å². The Hall–Kier alpha value is -2.10. The Morgan fingerprint density at radius 3 is 2.94 bits per heavy atom. The van der Waals surface area contributed by atoms with Crippen LogP contribution in [0.5, 0.6) is 0 Å². The van der Waals surface area contributed by atoms with Crippen molar-refractivity contribution in [1.29, 1.82) is 0 Å². The molecule has 17 heavy (non-hydrogen) atoms. The molecule has 0 spiro atoms. The van der Waals surface area contributed by atoms with Crippen LogP contribution in [-0.2, 0) is 6.42 Å². The van der Waals surface area contributed by atoms with Gasteiger partial charge in [-0.3, -0.25) is 0 Å². The molecule has 0 unspecified atom stereocenters. The van der Waals surface area contributed by atoms with Crippen LogP contribution in [-0.4, -0.2) is 19.7 Å². The van der Waals surface area contributed by atoms with Gasteiger partial charge in [0.2, 0.25) is 5.95 Å². The molecule has 0 aliphatic carbocycles. The van der Waals surface area contributed by atoms with E-state index in [2.05, 4.69) is 22.0 Å². The number of fused-ring (bicyclic) bond motifs is 1. The summed E-state index contributed by atoms with van der Waals surface area (Å²) in [6, 6.07) is 10.0. The first-order valence-electron chi connectivity index (χ1n) is 5.86. The van der Waals surface area contributed by atoms with E-state index in [0.29, 0.717) is 0 Å². The molecule has 0 radical (unpaired) electrons. The highest BCUT2D eigenvalue weighted by Gasteiger charge is 2.05. The molecule has 4 heteroatoms. The Bertz CT molecular complexity index is 602. The van der Waals surface area contributed by atoms with E-state index in [1.807, 2.05) is 36.5 Å². The fourth-order valence-electron chi connectivity index (χ4n) is 1.92. The predicted octanol–water partition coefficient (Wildman–Crippen LogP) is 2.70. The van der Waals surface area contributed by atoms with Crippen molar-refractivity contribution < 1.29 is 0 Å². The fourth-order valence-corrected chi connectivity index (χ4v) is 1.92. The third kappa shape index (κ3) is 1.82. The van der Waals surface area contributed by atoms with Gasteiger partial charge in [0.15, 0.2) is 0 Å². The highest BCUT2D eigenvalue weighted by molar-refractivity contribution is 5.75. The maximum atomic E-state index is 4.50. The number of hydrogen-bond acceptors (Lipinski definition) is 2. The molecule has 3 rings (SSSR count). The molecule has 0 fully saturated rings. The quantitative estimate of drug-likeness (QED) is 0.746. The number of imidazole rings is 1. The van der Waals surface area contributed by atoms with E-state index in [1.54, 1.807) is 4.68 Å². The summed E-state index contributed by atoms with van der Waals surface area (Å²) in [5.74, 6) is 0.772. The standard InChI is InChI=1S/C13H14N4/c1-2-5-10-8-9-17(16-10)13-14-11-6-3-4-7-12(11)15-13/h3-4,6-9H,2,5H2,1H3,(H,14,15). The molecule has 0 aliphatic rings. The van der Waals surface area contributed by atoms with Gasteiger partial charge in [-0.15, -0.1) is 0 Å². The van der Waals surface area contributed by atoms with E-state index < -0.39 is 0 Å². The minimum Gasteiger partial charge on any atom is -0.322 e. The molecule has 4 nitrogen and oxygen atoms in total. The van der Waals surface area contributed by atoms with Gasteiger partial charge >= 0.3 is 0 Å². The molecule has 0 bridgehead atoms. The molecule has 2 aromatic heterocycles. The molecule has 0 amide bonds. The van der Waals surface area contributed by atoms with Crippen molar-refractivity contribution in [3.63, 3.8) is 0 Å². The van der Waals surface area contributed by atoms with Crippen molar-refractivity contribution in [2.24, 2.45) is 0 Å². The molecular weight excluding hydrogens is 212 g/mol. The van der Waals surface area contributed by atoms with Crippen molar-refractivity contribution in [1.82, 2.24) is 19.7 Å². The normalized spacial score (nSPS) is 11.1. The minimum atomic E-state index is 0.772. The van der Waals surface area contributed by atoms with Crippen LogP contribution in [0.2, 0.25) is 0 Å². The van der Waals surface area contributed by atoms with E-state index in [9.17, 15) is 0 Å². The van der Waals surface area contributed by atoms with E-state index >= 15 is 0 Å². The van der Waals surface area contributed by atoms with Crippen molar-refractivity contribution in [3.8, 4) is 5.95 Å². The van der Waals surface area contributed by atoms with E-state index in [-0.39, 0.29) is 0 Å². The topological polar surface area (TPSA) is 46.5 Å². The number of aromatic amines is 1. The summed E-state index contributed by atoms with van der Waals surface area (Å²) in [7, 11) is 0. The van der Waals surface area contributed by atoms with Crippen molar-refractivity contribution in [2.45, 2.75) is 19.8 Å². The van der Waals surface area contributed by atoms with Crippen molar-refractivity contribution in [3.05, 3.63) is 42.2 Å². The monoisotopic (exact) mass is 226 g/mol. The van der Waals surface area contributed by atoms with Crippen LogP contribution in [0.25, 0.3) is 17.0 Å². The largest absolute Gasteiger partial charge is 0.322 e. The van der Waals surface area contributed by atoms with Gasteiger partial charge in [-0.05, 0) is 24.6 Å². The van der Waals surface area contributed by atoms with Gasteiger partial charge in [-0.2, -0.15) is 5.10 Å². The molecule has 0 saturated heterocycles. The lowest BCUT2D eigenvalue weighted by atomic mass is 10.3. The highest BCUT2D eigenvalue weighted by atomic mass is 15.3. The Kier molecular flexibility index (Phi) is 2.40. The third-order valence-corrected chi connectivity index (χ3v) is 2.74. The highest BCUT2D eigenvalue weighted by Crippen LogP contribution is 2.13. The maximum absolute atomic E-state index is 4.50. The lowest BCUT2D eigenvalue weighted by Gasteiger charge is -1.94. The second-order valence-electron chi connectivity index (χ2n) is 4.08. The zero-order valence-electron chi connectivity index (χ0n) is 9.72. The first kappa shape index (κ1) is 10.1. The Balaban J connectivity index is 2.01. The molecule has 1 aromatic carbocycles. The summed E-state index contributed by atoms with van der Waals surface area (Å²) in [6.07, 6.45) is 4.06. The summed E-state index contributed by atoms with van der Waals surface area (Å²) in [5, 5.41) is 4.49. The molecule has 2 heterocycles. The lowest BCUT2D eigenvalue weighted by Crippen LogP contribution is -1.98. The minimum absolute atomic E-state index is 0.772. The third-order valence-electron chi connectivity index (χ3n) is 2.74. The molecule has 1 N–H and O–H groups in total. The van der Waals surface area contributed by atoms with E-state index in [1.165, 1.54) is 0 Å². The smallest absolute Gasteiger partial charge is 0.229 e. The summed E-state index contributed by atoms with van der Waals surface area (Å²) >= 11 is 0. The first-order chi connectivity index (χ1) is 8.36. The van der Waals surface area contributed by atoms with Crippen molar-refractivity contribution >= 4 is 11.0 Å². The van der Waals surface area contributed by atoms with Gasteiger partial charge in [0.1, 0.15) is 0 Å². The molecule has 0 atom stereocenters. The zero-order chi connectivity index (χ0) is 11.7. The average molecular weight is 226 g/mol. The van der Waals surface area contributed by atoms with Crippen LogP contribution in [0.15, 0.2) is 36.5 Å². The van der Waals surface area contributed by atoms with E-state index in [4.69, 9.17) is 0 Å². The first-order valence-corrected chi connectivity index (χ1v) is 5.86. The number of aryl methyl sites for hydroxylation is 1. The van der Waals surface area contributed by atoms with Gasteiger partial charge in [0, 0.05) is 6.20 Å². The molecule has 0 aliphatic heterocycles. The number of hydrogen-bond donors (Lipinski definition) is 1. The Morgan fingerprint density at radius 1 is 1.24 bits per heavy atom. The zero-order valence-corrected chi connectivity index (χ0v) is 9.72. The second-order valence-corrected chi connectivity index (χ2v) is 4.08. The average Bonchev–Trinajstić information content (AvgIpc) is 2.94. The lowest BCUT2D eigenvalue weighted by molar-refractivity contribution is 0.780. The summed E-state index contributed by atoms with van der Waals surface area (Å²) in [4.78, 5) is 7.76. The van der Waals surface area contributed by atoms with Gasteiger partial charge in [-0.1, -0.05) is 25.5 Å². The van der Waals surface area contributed by atoms with Crippen molar-refractivity contribution in [2.75, 3.05) is 0 Å². The predicted molar refractivity (Wildman–Crippen MR) is 67.2 cm³/mol. The molecule has 86 valence electrons. The number of para-hydroxylation sites is 2. The second kappa shape index (κ2) is 4.05. The maximum Gasteiger partial charge on any atom is 0.229 e. The van der Waals surface area contributed by atoms with Gasteiger partial charge in [-0.25, -0.2) is 9.67 Å². The summed E-state index contributed by atoms with van der Waals surface area (Å²) in [5.41, 5.74) is 3.11. The van der Waals surface area contributed by atoms with Crippen LogP contribution in [0.1, 0.15) is 19.0 Å². The Labute approximate surface area is 99.3 Å². The van der Waals surface area contributed by atoms with Crippen LogP contribution >= 0.6 is 0 Å². The summed E-state index contributed by atoms with van der Waals surface area (Å²) in [6.45, 7) is 2.15. The number of nitrogens with one attached hydrogen (secondary N) is 1. The molecule has 3 aromatic rings. The van der Waals surface area contributed by atoms with Crippen LogP contribution < -0.4 is 0 Å². The van der Waals surface area contributed by atoms with Crippen LogP contribution in [0, 0.1) is 0 Å². The fraction of sp³-hybridized carbons (Fsp3) is 0.231. The van der Waals surface area contributed by atoms with Gasteiger partial charge < -0.3 is 4.98 Å². The number of benzene rings is 1. The van der Waals surface area contributed by atoms with Crippen LogP contribution in [0.3, 0.4) is 0 Å².